The first kappa shape index (κ1) is 12.8. The van der Waals surface area contributed by atoms with Gasteiger partial charge < -0.3 is 10.2 Å². The average molecular weight is 223 g/mol. The third-order valence-corrected chi connectivity index (χ3v) is 2.92. The smallest absolute Gasteiger partial charge is 0.251 e. The van der Waals surface area contributed by atoms with Gasteiger partial charge in [0, 0.05) is 12.6 Å². The fraction of sp³-hybridized carbons (Fsp3) is 1.00. The Bertz CT molecular complexity index is 181. The molecule has 0 radical (unpaired) electrons. The molecule has 0 bridgehead atoms. The second-order valence-electron chi connectivity index (χ2n) is 4.03. The van der Waals surface area contributed by atoms with Crippen LogP contribution in [0.5, 0.6) is 0 Å². The predicted molar refractivity (Wildman–Crippen MR) is 52.9 cm³/mol. The van der Waals surface area contributed by atoms with Crippen LogP contribution in [0, 0.1) is 0 Å². The van der Waals surface area contributed by atoms with Crippen molar-refractivity contribution in [2.45, 2.75) is 44.3 Å². The van der Waals surface area contributed by atoms with Gasteiger partial charge in [-0.1, -0.05) is 12.8 Å². The molecule has 0 spiro atoms. The molecule has 5 heteroatoms. The van der Waals surface area contributed by atoms with Crippen LogP contribution >= 0.6 is 0 Å². The highest BCUT2D eigenvalue weighted by Gasteiger charge is 2.29. The average Bonchev–Trinajstić information content (AvgIpc) is 2.17. The maximum atomic E-state index is 12.3. The zero-order chi connectivity index (χ0) is 11.3. The molecule has 0 aliphatic heterocycles. The highest BCUT2D eigenvalue weighted by Crippen LogP contribution is 2.23. The van der Waals surface area contributed by atoms with E-state index in [9.17, 15) is 13.9 Å². The molecule has 1 rings (SSSR count). The van der Waals surface area contributed by atoms with Crippen molar-refractivity contribution in [3.05, 3.63) is 0 Å². The van der Waals surface area contributed by atoms with Gasteiger partial charge in [-0.05, 0) is 12.8 Å². The van der Waals surface area contributed by atoms with E-state index in [0.717, 1.165) is 19.3 Å². The van der Waals surface area contributed by atoms with Crippen LogP contribution in [-0.4, -0.2) is 53.4 Å². The van der Waals surface area contributed by atoms with E-state index in [1.54, 1.807) is 0 Å². The summed E-state index contributed by atoms with van der Waals surface area (Å²) in [6, 6.07) is -0.208. The maximum Gasteiger partial charge on any atom is 0.251 e. The van der Waals surface area contributed by atoms with Crippen molar-refractivity contribution >= 4 is 0 Å². The summed E-state index contributed by atoms with van der Waals surface area (Å²) in [6.07, 6.45) is 0.408. The van der Waals surface area contributed by atoms with Crippen LogP contribution in [-0.2, 0) is 0 Å². The quantitative estimate of drug-likeness (QED) is 0.726. The van der Waals surface area contributed by atoms with E-state index in [2.05, 4.69) is 0 Å². The van der Waals surface area contributed by atoms with E-state index in [-0.39, 0.29) is 25.7 Å². The molecule has 1 aliphatic carbocycles. The van der Waals surface area contributed by atoms with Crippen LogP contribution in [0.2, 0.25) is 0 Å². The minimum atomic E-state index is -2.41. The Hall–Kier alpha value is -0.260. The van der Waals surface area contributed by atoms with E-state index in [0.29, 0.717) is 6.42 Å². The van der Waals surface area contributed by atoms with Gasteiger partial charge >= 0.3 is 0 Å². The molecule has 0 aromatic rings. The van der Waals surface area contributed by atoms with E-state index in [1.165, 1.54) is 4.90 Å². The van der Waals surface area contributed by atoms with E-state index in [4.69, 9.17) is 5.11 Å². The first-order valence-electron chi connectivity index (χ1n) is 5.46. The molecule has 0 aromatic carbocycles. The molecule has 2 atom stereocenters. The molecule has 1 fully saturated rings. The zero-order valence-corrected chi connectivity index (χ0v) is 8.78. The number of halogens is 2. The molecule has 3 nitrogen and oxygen atoms in total. The molecule has 0 saturated heterocycles. The van der Waals surface area contributed by atoms with E-state index < -0.39 is 12.5 Å². The lowest BCUT2D eigenvalue weighted by Crippen LogP contribution is -2.48. The fourth-order valence-electron chi connectivity index (χ4n) is 2.22. The number of rotatable bonds is 5. The Balaban J connectivity index is 2.51. The molecule has 15 heavy (non-hydrogen) atoms. The Morgan fingerprint density at radius 3 is 2.47 bits per heavy atom. The first-order valence-corrected chi connectivity index (χ1v) is 5.46. The highest BCUT2D eigenvalue weighted by atomic mass is 19.3. The van der Waals surface area contributed by atoms with Gasteiger partial charge in [0.25, 0.3) is 6.43 Å². The summed E-state index contributed by atoms with van der Waals surface area (Å²) < 4.78 is 24.6. The van der Waals surface area contributed by atoms with Gasteiger partial charge in [0.2, 0.25) is 0 Å². The normalized spacial score (nSPS) is 27.6. The SMILES string of the molecule is OCCN(CC(F)F)C1CCCCC1O. The standard InChI is InChI=1S/C10H19F2NO2/c11-10(12)7-13(5-6-14)8-3-1-2-4-9(8)15/h8-10,14-15H,1-7H2. The summed E-state index contributed by atoms with van der Waals surface area (Å²) in [7, 11) is 0. The summed E-state index contributed by atoms with van der Waals surface area (Å²) in [6.45, 7) is -0.287. The van der Waals surface area contributed by atoms with Gasteiger partial charge in [0.15, 0.2) is 0 Å². The highest BCUT2D eigenvalue weighted by molar-refractivity contribution is 4.83. The molecule has 2 unspecified atom stereocenters. The van der Waals surface area contributed by atoms with E-state index in [1.807, 2.05) is 0 Å². The summed E-state index contributed by atoms with van der Waals surface area (Å²) in [5, 5.41) is 18.5. The van der Waals surface area contributed by atoms with Gasteiger partial charge in [0.05, 0.1) is 19.3 Å². The topological polar surface area (TPSA) is 43.7 Å². The lowest BCUT2D eigenvalue weighted by Gasteiger charge is -2.37. The molecule has 90 valence electrons. The van der Waals surface area contributed by atoms with Crippen LogP contribution < -0.4 is 0 Å². The Morgan fingerprint density at radius 2 is 1.93 bits per heavy atom. The zero-order valence-electron chi connectivity index (χ0n) is 8.78. The number of aliphatic hydroxyl groups is 2. The molecular formula is C10H19F2NO2. The van der Waals surface area contributed by atoms with Gasteiger partial charge in [-0.2, -0.15) is 0 Å². The summed E-state index contributed by atoms with van der Waals surface area (Å²) in [5.41, 5.74) is 0. The largest absolute Gasteiger partial charge is 0.395 e. The van der Waals surface area contributed by atoms with Crippen molar-refractivity contribution < 1.29 is 19.0 Å². The van der Waals surface area contributed by atoms with Crippen molar-refractivity contribution in [2.24, 2.45) is 0 Å². The summed E-state index contributed by atoms with van der Waals surface area (Å²) in [5.74, 6) is 0. The van der Waals surface area contributed by atoms with Crippen molar-refractivity contribution in [2.75, 3.05) is 19.7 Å². The van der Waals surface area contributed by atoms with Gasteiger partial charge in [-0.3, -0.25) is 4.90 Å². The number of nitrogens with zero attached hydrogens (tertiary/aromatic N) is 1. The molecule has 0 aromatic heterocycles. The third-order valence-electron chi connectivity index (χ3n) is 2.92. The van der Waals surface area contributed by atoms with Crippen LogP contribution in [0.4, 0.5) is 8.78 Å². The summed E-state index contributed by atoms with van der Waals surface area (Å²) >= 11 is 0. The van der Waals surface area contributed by atoms with Crippen LogP contribution in [0.3, 0.4) is 0 Å². The van der Waals surface area contributed by atoms with Crippen molar-refractivity contribution in [3.8, 4) is 0 Å². The number of hydrogen-bond donors (Lipinski definition) is 2. The minimum Gasteiger partial charge on any atom is -0.395 e. The van der Waals surface area contributed by atoms with Crippen molar-refractivity contribution in [3.63, 3.8) is 0 Å². The Labute approximate surface area is 88.7 Å². The number of aliphatic hydroxyl groups excluding tert-OH is 2. The maximum absolute atomic E-state index is 12.3. The second-order valence-corrected chi connectivity index (χ2v) is 4.03. The molecule has 0 amide bonds. The second kappa shape index (κ2) is 6.35. The third kappa shape index (κ3) is 4.01. The molecule has 0 heterocycles. The Morgan fingerprint density at radius 1 is 1.27 bits per heavy atom. The van der Waals surface area contributed by atoms with Crippen LogP contribution in [0.15, 0.2) is 0 Å². The minimum absolute atomic E-state index is 0.143. The molecular weight excluding hydrogens is 204 g/mol. The number of alkyl halides is 2. The van der Waals surface area contributed by atoms with Crippen molar-refractivity contribution in [1.82, 2.24) is 4.90 Å². The molecule has 1 saturated carbocycles. The van der Waals surface area contributed by atoms with Crippen LogP contribution in [0.1, 0.15) is 25.7 Å². The van der Waals surface area contributed by atoms with Gasteiger partial charge in [-0.25, -0.2) is 8.78 Å². The lowest BCUT2D eigenvalue weighted by atomic mass is 9.91. The van der Waals surface area contributed by atoms with Crippen LogP contribution in [0.25, 0.3) is 0 Å². The summed E-state index contributed by atoms with van der Waals surface area (Å²) in [4.78, 5) is 1.51. The monoisotopic (exact) mass is 223 g/mol. The van der Waals surface area contributed by atoms with Gasteiger partial charge in [-0.15, -0.1) is 0 Å². The molecule has 2 N–H and O–H groups in total. The fourth-order valence-corrected chi connectivity index (χ4v) is 2.22. The van der Waals surface area contributed by atoms with Crippen molar-refractivity contribution in [1.29, 1.82) is 0 Å². The first-order chi connectivity index (χ1) is 7.15. The van der Waals surface area contributed by atoms with E-state index >= 15 is 0 Å². The number of hydrogen-bond acceptors (Lipinski definition) is 3. The Kier molecular flexibility index (Phi) is 5.42. The predicted octanol–water partition coefficient (Wildman–Crippen LogP) is 0.849. The molecule has 1 aliphatic rings. The van der Waals surface area contributed by atoms with Gasteiger partial charge in [0.1, 0.15) is 0 Å². The lowest BCUT2D eigenvalue weighted by molar-refractivity contribution is -0.0152.